The second-order valence-electron chi connectivity index (χ2n) is 2.95. The van der Waals surface area contributed by atoms with Gasteiger partial charge in [-0.3, -0.25) is 0 Å². The highest BCUT2D eigenvalue weighted by atomic mass is 35.5. The van der Waals surface area contributed by atoms with Gasteiger partial charge in [-0.15, -0.1) is 0 Å². The van der Waals surface area contributed by atoms with Crippen LogP contribution in [0.1, 0.15) is 26.0 Å². The smallest absolute Gasteiger partial charge is 0.225 e. The van der Waals surface area contributed by atoms with E-state index in [1.54, 1.807) is 6.07 Å². The van der Waals surface area contributed by atoms with Crippen LogP contribution in [0.15, 0.2) is 6.07 Å². The summed E-state index contributed by atoms with van der Waals surface area (Å²) in [5.74, 6) is 0.548. The van der Waals surface area contributed by atoms with E-state index in [1.807, 2.05) is 13.8 Å². The van der Waals surface area contributed by atoms with E-state index in [9.17, 15) is 0 Å². The molecule has 0 aliphatic rings. The molecule has 0 amide bonds. The van der Waals surface area contributed by atoms with Crippen LogP contribution in [-0.4, -0.2) is 16.1 Å². The van der Waals surface area contributed by atoms with Crippen LogP contribution in [0, 0.1) is 6.92 Å². The summed E-state index contributed by atoms with van der Waals surface area (Å²) in [5.41, 5.74) is 0.818. The molecule has 13 heavy (non-hydrogen) atoms. The van der Waals surface area contributed by atoms with Crippen LogP contribution in [0.25, 0.3) is 0 Å². The van der Waals surface area contributed by atoms with Crippen LogP contribution < -0.4 is 4.74 Å². The maximum absolute atomic E-state index is 5.67. The lowest BCUT2D eigenvalue weighted by Gasteiger charge is -2.11. The van der Waals surface area contributed by atoms with Gasteiger partial charge in [-0.1, -0.05) is 6.92 Å². The molecule has 0 aliphatic heterocycles. The third kappa shape index (κ3) is 3.19. The van der Waals surface area contributed by atoms with E-state index < -0.39 is 0 Å². The van der Waals surface area contributed by atoms with Gasteiger partial charge in [0.2, 0.25) is 11.2 Å². The minimum atomic E-state index is 0.158. The van der Waals surface area contributed by atoms with E-state index in [0.29, 0.717) is 5.88 Å². The minimum Gasteiger partial charge on any atom is -0.475 e. The van der Waals surface area contributed by atoms with Crippen molar-refractivity contribution in [1.29, 1.82) is 0 Å². The van der Waals surface area contributed by atoms with E-state index in [2.05, 4.69) is 16.9 Å². The molecule has 0 N–H and O–H groups in total. The lowest BCUT2D eigenvalue weighted by atomic mass is 10.3. The summed E-state index contributed by atoms with van der Waals surface area (Å²) in [4.78, 5) is 7.90. The topological polar surface area (TPSA) is 35.0 Å². The van der Waals surface area contributed by atoms with Gasteiger partial charge in [0.1, 0.15) is 0 Å². The summed E-state index contributed by atoms with van der Waals surface area (Å²) in [6, 6.07) is 1.78. The Labute approximate surface area is 83.1 Å². The third-order valence-electron chi connectivity index (χ3n) is 1.70. The fourth-order valence-corrected chi connectivity index (χ4v) is 1.07. The van der Waals surface area contributed by atoms with Crippen LogP contribution >= 0.6 is 11.6 Å². The van der Waals surface area contributed by atoms with Gasteiger partial charge in [0.15, 0.2) is 0 Å². The van der Waals surface area contributed by atoms with Crippen molar-refractivity contribution in [3.63, 3.8) is 0 Å². The average molecular weight is 201 g/mol. The molecule has 3 nitrogen and oxygen atoms in total. The standard InChI is InChI=1S/C9H13ClN2O/c1-4-7(3)13-8-5-6(2)11-9(10)12-8/h5,7H,4H2,1-3H3. The summed E-state index contributed by atoms with van der Waals surface area (Å²) in [7, 11) is 0. The molecule has 0 saturated carbocycles. The van der Waals surface area contributed by atoms with Crippen LogP contribution in [0.5, 0.6) is 5.88 Å². The molecule has 0 aromatic carbocycles. The van der Waals surface area contributed by atoms with Crippen LogP contribution in [0.3, 0.4) is 0 Å². The zero-order valence-corrected chi connectivity index (χ0v) is 8.80. The maximum atomic E-state index is 5.67. The highest BCUT2D eigenvalue weighted by Crippen LogP contribution is 2.14. The highest BCUT2D eigenvalue weighted by Gasteiger charge is 2.04. The summed E-state index contributed by atoms with van der Waals surface area (Å²) >= 11 is 5.67. The summed E-state index contributed by atoms with van der Waals surface area (Å²) in [5, 5.41) is 0.235. The molecule has 0 saturated heterocycles. The van der Waals surface area contributed by atoms with Gasteiger partial charge in [-0.05, 0) is 31.9 Å². The van der Waals surface area contributed by atoms with Gasteiger partial charge >= 0.3 is 0 Å². The summed E-state index contributed by atoms with van der Waals surface area (Å²) in [6.07, 6.45) is 1.10. The molecule has 0 aliphatic carbocycles. The van der Waals surface area contributed by atoms with Gasteiger partial charge in [0, 0.05) is 11.8 Å². The largest absolute Gasteiger partial charge is 0.475 e. The second kappa shape index (κ2) is 4.42. The van der Waals surface area contributed by atoms with Gasteiger partial charge < -0.3 is 4.74 Å². The minimum absolute atomic E-state index is 0.158. The molecule has 0 spiro atoms. The Balaban J connectivity index is 2.77. The molecule has 0 bridgehead atoms. The number of hydrogen-bond donors (Lipinski definition) is 0. The first-order valence-electron chi connectivity index (χ1n) is 4.29. The van der Waals surface area contributed by atoms with Crippen molar-refractivity contribution in [3.8, 4) is 5.88 Å². The van der Waals surface area contributed by atoms with Gasteiger partial charge in [0.05, 0.1) is 6.10 Å². The Bertz CT molecular complexity index is 271. The highest BCUT2D eigenvalue weighted by molar-refractivity contribution is 6.28. The van der Waals surface area contributed by atoms with E-state index in [4.69, 9.17) is 16.3 Å². The SMILES string of the molecule is CCC(C)Oc1cc(C)nc(Cl)n1. The number of hydrogen-bond acceptors (Lipinski definition) is 3. The molecule has 72 valence electrons. The fraction of sp³-hybridized carbons (Fsp3) is 0.556. The Morgan fingerprint density at radius 3 is 2.77 bits per heavy atom. The van der Waals surface area contributed by atoms with Crippen molar-refractivity contribution < 1.29 is 4.74 Å². The molecule has 1 aromatic rings. The Kier molecular flexibility index (Phi) is 3.48. The number of aromatic nitrogens is 2. The van der Waals surface area contributed by atoms with Crippen molar-refractivity contribution in [3.05, 3.63) is 17.0 Å². The zero-order valence-electron chi connectivity index (χ0n) is 8.04. The fourth-order valence-electron chi connectivity index (χ4n) is 0.855. The van der Waals surface area contributed by atoms with E-state index >= 15 is 0 Å². The third-order valence-corrected chi connectivity index (χ3v) is 1.87. The molecule has 1 rings (SSSR count). The molecule has 0 fully saturated rings. The van der Waals surface area contributed by atoms with Crippen LogP contribution in [0.2, 0.25) is 5.28 Å². The van der Waals surface area contributed by atoms with Crippen molar-refractivity contribution in [2.45, 2.75) is 33.3 Å². The molecular weight excluding hydrogens is 188 g/mol. The van der Waals surface area contributed by atoms with Gasteiger partial charge in [-0.2, -0.15) is 4.98 Å². The maximum Gasteiger partial charge on any atom is 0.225 e. The van der Waals surface area contributed by atoms with Crippen LogP contribution in [-0.2, 0) is 0 Å². The summed E-state index contributed by atoms with van der Waals surface area (Å²) in [6.45, 7) is 5.91. The average Bonchev–Trinajstić information content (AvgIpc) is 2.02. The van der Waals surface area contributed by atoms with Crippen molar-refractivity contribution >= 4 is 11.6 Å². The molecule has 0 radical (unpaired) electrons. The number of ether oxygens (including phenoxy) is 1. The molecule has 4 heteroatoms. The van der Waals surface area contributed by atoms with E-state index in [-0.39, 0.29) is 11.4 Å². The summed E-state index contributed by atoms with van der Waals surface area (Å²) < 4.78 is 5.49. The Morgan fingerprint density at radius 1 is 1.54 bits per heavy atom. The lowest BCUT2D eigenvalue weighted by Crippen LogP contribution is -2.11. The molecular formula is C9H13ClN2O. The molecule has 1 heterocycles. The second-order valence-corrected chi connectivity index (χ2v) is 3.29. The number of nitrogens with zero attached hydrogens (tertiary/aromatic N) is 2. The zero-order chi connectivity index (χ0) is 9.84. The van der Waals surface area contributed by atoms with Crippen molar-refractivity contribution in [1.82, 2.24) is 9.97 Å². The normalized spacial score (nSPS) is 12.6. The first-order valence-corrected chi connectivity index (χ1v) is 4.67. The quantitative estimate of drug-likeness (QED) is 0.704. The Hall–Kier alpha value is -0.830. The predicted octanol–water partition coefficient (Wildman–Crippen LogP) is 2.62. The number of aryl methyl sites for hydroxylation is 1. The molecule has 1 aromatic heterocycles. The van der Waals surface area contributed by atoms with Gasteiger partial charge in [0.25, 0.3) is 0 Å². The van der Waals surface area contributed by atoms with E-state index in [1.165, 1.54) is 0 Å². The lowest BCUT2D eigenvalue weighted by molar-refractivity contribution is 0.208. The first-order chi connectivity index (χ1) is 6.11. The van der Waals surface area contributed by atoms with Gasteiger partial charge in [-0.25, -0.2) is 4.98 Å². The van der Waals surface area contributed by atoms with Crippen molar-refractivity contribution in [2.75, 3.05) is 0 Å². The van der Waals surface area contributed by atoms with E-state index in [0.717, 1.165) is 12.1 Å². The number of rotatable bonds is 3. The Morgan fingerprint density at radius 2 is 2.23 bits per heavy atom. The van der Waals surface area contributed by atoms with Crippen LogP contribution in [0.4, 0.5) is 0 Å². The first kappa shape index (κ1) is 10.3. The predicted molar refractivity (Wildman–Crippen MR) is 52.2 cm³/mol. The monoisotopic (exact) mass is 200 g/mol. The van der Waals surface area contributed by atoms with Crippen molar-refractivity contribution in [2.24, 2.45) is 0 Å². The molecule has 1 unspecified atom stereocenters. The molecule has 1 atom stereocenters. The number of halogens is 1.